The van der Waals surface area contributed by atoms with Gasteiger partial charge in [-0.25, -0.2) is 4.98 Å². The Balaban J connectivity index is 1.56. The van der Waals surface area contributed by atoms with Gasteiger partial charge in [0.15, 0.2) is 5.11 Å². The number of carbonyl (C=O) groups is 1. The molecule has 5 nitrogen and oxygen atoms in total. The summed E-state index contributed by atoms with van der Waals surface area (Å²) >= 11 is 14.2. The Bertz CT molecular complexity index is 1310. The molecule has 0 aliphatic carbocycles. The molecule has 1 amide bonds. The lowest BCUT2D eigenvalue weighted by molar-refractivity contribution is 0.0977. The van der Waals surface area contributed by atoms with E-state index in [0.717, 1.165) is 41.8 Å². The number of aromatic nitrogens is 1. The Morgan fingerprint density at radius 2 is 1.94 bits per heavy atom. The predicted octanol–water partition coefficient (Wildman–Crippen LogP) is 7.40. The maximum atomic E-state index is 12.8. The second-order valence-corrected chi connectivity index (χ2v) is 10.3. The molecule has 0 aliphatic rings. The summed E-state index contributed by atoms with van der Waals surface area (Å²) < 4.78 is 8.40. The fourth-order valence-electron chi connectivity index (χ4n) is 3.12. The molecule has 9 heteroatoms. The van der Waals surface area contributed by atoms with Crippen LogP contribution >= 0.6 is 55.4 Å². The summed E-state index contributed by atoms with van der Waals surface area (Å²) in [6.45, 7) is 2.63. The van der Waals surface area contributed by atoms with Crippen LogP contribution in [-0.2, 0) is 0 Å². The first-order valence-corrected chi connectivity index (χ1v) is 13.0. The van der Waals surface area contributed by atoms with Crippen LogP contribution in [0.15, 0.2) is 69.6 Å². The van der Waals surface area contributed by atoms with Crippen LogP contribution in [0.25, 0.3) is 20.8 Å². The zero-order chi connectivity index (χ0) is 23.4. The normalized spacial score (nSPS) is 10.8. The minimum atomic E-state index is -0.316. The minimum absolute atomic E-state index is 0.185. The van der Waals surface area contributed by atoms with Crippen molar-refractivity contribution in [2.45, 2.75) is 13.3 Å². The number of rotatable bonds is 6. The number of halogens is 2. The van der Waals surface area contributed by atoms with Crippen LogP contribution in [0.2, 0.25) is 0 Å². The number of benzene rings is 3. The minimum Gasteiger partial charge on any atom is -0.494 e. The summed E-state index contributed by atoms with van der Waals surface area (Å²) in [7, 11) is 0. The smallest absolute Gasteiger partial charge is 0.257 e. The van der Waals surface area contributed by atoms with Crippen molar-refractivity contribution in [3.05, 3.63) is 75.2 Å². The van der Waals surface area contributed by atoms with Crippen molar-refractivity contribution in [3.8, 4) is 16.3 Å². The molecule has 33 heavy (non-hydrogen) atoms. The standard InChI is InChI=1S/C24H19Br2N3O2S2/c1-2-10-31-16-7-5-6-14(11-16)22(30)29-24(32)28-21-17(12-15(25)13-18(21)26)23-27-19-8-3-4-9-20(19)33-23/h3-9,11-13H,2,10H2,1H3,(H2,28,29,30,32). The topological polar surface area (TPSA) is 63.2 Å². The maximum absolute atomic E-state index is 12.8. The number of nitrogens with zero attached hydrogens (tertiary/aromatic N) is 1. The van der Waals surface area contributed by atoms with Gasteiger partial charge >= 0.3 is 0 Å². The molecule has 1 aromatic heterocycles. The second-order valence-electron chi connectivity index (χ2n) is 7.08. The largest absolute Gasteiger partial charge is 0.494 e. The molecule has 0 aliphatic heterocycles. The number of nitrogens with one attached hydrogen (secondary N) is 2. The fourth-order valence-corrected chi connectivity index (χ4v) is 5.63. The van der Waals surface area contributed by atoms with Gasteiger partial charge in [0.05, 0.1) is 22.5 Å². The van der Waals surface area contributed by atoms with Crippen LogP contribution in [0.5, 0.6) is 5.75 Å². The molecule has 4 rings (SSSR count). The van der Waals surface area contributed by atoms with Crippen molar-refractivity contribution in [1.29, 1.82) is 0 Å². The van der Waals surface area contributed by atoms with Gasteiger partial charge in [0.1, 0.15) is 10.8 Å². The number of anilines is 1. The SMILES string of the molecule is CCCOc1cccc(C(=O)NC(=S)Nc2c(Br)cc(Br)cc2-c2nc3ccccc3s2)c1. The third-order valence-electron chi connectivity index (χ3n) is 4.61. The molecule has 3 aromatic carbocycles. The number of amides is 1. The van der Waals surface area contributed by atoms with Crippen LogP contribution in [-0.4, -0.2) is 22.6 Å². The number of thiocarbonyl (C=S) groups is 1. The van der Waals surface area contributed by atoms with Crippen LogP contribution in [0, 0.1) is 0 Å². The molecular formula is C24H19Br2N3O2S2. The van der Waals surface area contributed by atoms with Gasteiger partial charge in [0, 0.05) is 20.1 Å². The number of ether oxygens (including phenoxy) is 1. The Hall–Kier alpha value is -2.33. The molecule has 0 fully saturated rings. The fraction of sp³-hybridized carbons (Fsp3) is 0.125. The zero-order valence-corrected chi connectivity index (χ0v) is 22.3. The van der Waals surface area contributed by atoms with Gasteiger partial charge in [0.2, 0.25) is 0 Å². The average Bonchev–Trinajstić information content (AvgIpc) is 3.23. The molecular weight excluding hydrogens is 586 g/mol. The predicted molar refractivity (Wildman–Crippen MR) is 146 cm³/mol. The number of hydrogen-bond donors (Lipinski definition) is 2. The van der Waals surface area contributed by atoms with E-state index in [2.05, 4.69) is 42.5 Å². The van der Waals surface area contributed by atoms with E-state index in [9.17, 15) is 4.79 Å². The van der Waals surface area contributed by atoms with Gasteiger partial charge in [0.25, 0.3) is 5.91 Å². The third-order valence-corrected chi connectivity index (χ3v) is 6.97. The third kappa shape index (κ3) is 5.78. The summed E-state index contributed by atoms with van der Waals surface area (Å²) in [5.41, 5.74) is 2.99. The quantitative estimate of drug-likeness (QED) is 0.224. The van der Waals surface area contributed by atoms with E-state index in [1.807, 2.05) is 49.4 Å². The van der Waals surface area contributed by atoms with Gasteiger partial charge in [-0.3, -0.25) is 10.1 Å². The monoisotopic (exact) mass is 603 g/mol. The average molecular weight is 605 g/mol. The van der Waals surface area contributed by atoms with Crippen molar-refractivity contribution in [2.24, 2.45) is 0 Å². The van der Waals surface area contributed by atoms with Gasteiger partial charge < -0.3 is 10.1 Å². The summed E-state index contributed by atoms with van der Waals surface area (Å²) in [4.78, 5) is 17.5. The molecule has 4 aromatic rings. The van der Waals surface area contributed by atoms with Crippen molar-refractivity contribution in [3.63, 3.8) is 0 Å². The molecule has 0 bridgehead atoms. The first kappa shape index (κ1) is 23.8. The van der Waals surface area contributed by atoms with Crippen molar-refractivity contribution in [2.75, 3.05) is 11.9 Å². The van der Waals surface area contributed by atoms with E-state index in [-0.39, 0.29) is 11.0 Å². The molecule has 168 valence electrons. The number of para-hydroxylation sites is 1. The Labute approximate surface area is 217 Å². The Morgan fingerprint density at radius 3 is 2.73 bits per heavy atom. The van der Waals surface area contributed by atoms with Crippen molar-refractivity contribution < 1.29 is 9.53 Å². The summed E-state index contributed by atoms with van der Waals surface area (Å²) in [6.07, 6.45) is 0.892. The highest BCUT2D eigenvalue weighted by Crippen LogP contribution is 2.40. The number of hydrogen-bond acceptors (Lipinski definition) is 5. The second kappa shape index (κ2) is 10.7. The number of thiazole rings is 1. The van der Waals surface area contributed by atoms with Crippen LogP contribution in [0.4, 0.5) is 5.69 Å². The maximum Gasteiger partial charge on any atom is 0.257 e. The summed E-state index contributed by atoms with van der Waals surface area (Å²) in [6, 6.07) is 18.9. The molecule has 0 unspecified atom stereocenters. The van der Waals surface area contributed by atoms with E-state index in [4.69, 9.17) is 21.9 Å². The first-order valence-electron chi connectivity index (χ1n) is 10.1. The van der Waals surface area contributed by atoms with Gasteiger partial charge in [-0.15, -0.1) is 11.3 Å². The molecule has 2 N–H and O–H groups in total. The number of carbonyl (C=O) groups excluding carboxylic acids is 1. The van der Waals surface area contributed by atoms with Crippen molar-refractivity contribution >= 4 is 82.3 Å². The number of fused-ring (bicyclic) bond motifs is 1. The molecule has 0 saturated carbocycles. The Kier molecular flexibility index (Phi) is 7.75. The lowest BCUT2D eigenvalue weighted by Crippen LogP contribution is -2.34. The van der Waals surface area contributed by atoms with Gasteiger partial charge in [-0.1, -0.05) is 41.1 Å². The molecule has 0 atom stereocenters. The van der Waals surface area contributed by atoms with E-state index >= 15 is 0 Å². The van der Waals surface area contributed by atoms with Gasteiger partial charge in [-0.05, 0) is 77.0 Å². The van der Waals surface area contributed by atoms with E-state index in [1.54, 1.807) is 29.5 Å². The lowest BCUT2D eigenvalue weighted by Gasteiger charge is -2.15. The highest BCUT2D eigenvalue weighted by molar-refractivity contribution is 9.11. The molecule has 1 heterocycles. The lowest BCUT2D eigenvalue weighted by atomic mass is 10.2. The van der Waals surface area contributed by atoms with E-state index in [0.29, 0.717) is 17.9 Å². The van der Waals surface area contributed by atoms with E-state index < -0.39 is 0 Å². The van der Waals surface area contributed by atoms with Gasteiger partial charge in [-0.2, -0.15) is 0 Å². The molecule has 0 saturated heterocycles. The summed E-state index contributed by atoms with van der Waals surface area (Å²) in [5, 5.41) is 6.95. The highest BCUT2D eigenvalue weighted by atomic mass is 79.9. The van der Waals surface area contributed by atoms with Crippen molar-refractivity contribution in [1.82, 2.24) is 10.3 Å². The molecule has 0 radical (unpaired) electrons. The van der Waals surface area contributed by atoms with Crippen LogP contribution in [0.3, 0.4) is 0 Å². The van der Waals surface area contributed by atoms with Crippen LogP contribution in [0.1, 0.15) is 23.7 Å². The Morgan fingerprint density at radius 1 is 1.12 bits per heavy atom. The van der Waals surface area contributed by atoms with E-state index in [1.165, 1.54) is 0 Å². The molecule has 0 spiro atoms. The highest BCUT2D eigenvalue weighted by Gasteiger charge is 2.17. The summed E-state index contributed by atoms with van der Waals surface area (Å²) in [5.74, 6) is 0.335. The first-order chi connectivity index (χ1) is 15.9. The zero-order valence-electron chi connectivity index (χ0n) is 17.5. The van der Waals surface area contributed by atoms with Crippen LogP contribution < -0.4 is 15.4 Å².